The molecule has 0 amide bonds. The van der Waals surface area contributed by atoms with Crippen molar-refractivity contribution in [3.63, 3.8) is 0 Å². The molecule has 0 saturated heterocycles. The van der Waals surface area contributed by atoms with Crippen LogP contribution in [0.3, 0.4) is 0 Å². The SMILES string of the molecule is COC1=CC(C)=C[C@@H](C)[C@@H](O)[C@@H](C)CC(C)=CC=C[C@H](OC)[C@@H]([C@@H](C)[C@@H](O)[C@H](C)C(=O)C/C=C(\C)[C@H](O)C(C)C)OC1=O. The van der Waals surface area contributed by atoms with Gasteiger partial charge in [-0.3, -0.25) is 4.79 Å². The summed E-state index contributed by atoms with van der Waals surface area (Å²) in [6.45, 7) is 16.7. The molecule has 3 N–H and O–H groups in total. The van der Waals surface area contributed by atoms with Crippen LogP contribution in [0, 0.1) is 29.6 Å². The number of hydrogen-bond acceptors (Lipinski definition) is 8. The first-order chi connectivity index (χ1) is 20.0. The normalized spacial score (nSPS) is 27.8. The van der Waals surface area contributed by atoms with Crippen LogP contribution in [-0.4, -0.2) is 71.8 Å². The van der Waals surface area contributed by atoms with Crippen LogP contribution >= 0.6 is 0 Å². The van der Waals surface area contributed by atoms with Gasteiger partial charge in [0.1, 0.15) is 18.0 Å². The molecule has 9 atom stereocenters. The predicted molar refractivity (Wildman–Crippen MR) is 170 cm³/mol. The zero-order valence-corrected chi connectivity index (χ0v) is 28.0. The zero-order chi connectivity index (χ0) is 33.0. The molecule has 0 aromatic carbocycles. The number of aliphatic hydroxyl groups excluding tert-OH is 3. The number of rotatable bonds is 10. The Hall–Kier alpha value is -2.52. The molecule has 8 heteroatoms. The second-order valence-corrected chi connectivity index (χ2v) is 12.6. The van der Waals surface area contributed by atoms with E-state index in [-0.39, 0.29) is 35.7 Å². The molecule has 0 radical (unpaired) electrons. The van der Waals surface area contributed by atoms with Gasteiger partial charge in [-0.25, -0.2) is 4.79 Å². The standard InChI is InChI=1S/C35H56O8/c1-20(2)31(37)23(5)15-16-28(36)26(8)33(39)27(9)34-29(41-10)14-12-13-21(3)17-24(6)32(38)25(7)18-22(4)19-30(42-11)35(40)43-34/h12-15,18-20,24-27,29,31-34,37-39H,16-17H2,1-11H3/b14-12?,21-13?,22-18?,23-15+,30-19?/t24-,25+,26+,27-,29-,31+,32-,33-,34+/m0/s1. The van der Waals surface area contributed by atoms with E-state index in [4.69, 9.17) is 14.2 Å². The summed E-state index contributed by atoms with van der Waals surface area (Å²) in [6, 6.07) is 0. The van der Waals surface area contributed by atoms with Crippen molar-refractivity contribution in [3.05, 3.63) is 58.9 Å². The molecule has 0 bridgehead atoms. The summed E-state index contributed by atoms with van der Waals surface area (Å²) in [5.74, 6) is -2.58. The summed E-state index contributed by atoms with van der Waals surface area (Å²) in [5, 5.41) is 32.5. The van der Waals surface area contributed by atoms with Crippen molar-refractivity contribution >= 4 is 11.8 Å². The van der Waals surface area contributed by atoms with Gasteiger partial charge in [-0.05, 0) is 50.7 Å². The fourth-order valence-electron chi connectivity index (χ4n) is 5.43. The molecule has 8 nitrogen and oxygen atoms in total. The number of allylic oxidation sites excluding steroid dienone is 6. The molecule has 0 aromatic heterocycles. The smallest absolute Gasteiger partial charge is 0.373 e. The Bertz CT molecular complexity index is 1070. The lowest BCUT2D eigenvalue weighted by Crippen LogP contribution is -2.45. The number of cyclic esters (lactones) is 1. The van der Waals surface area contributed by atoms with Crippen LogP contribution in [0.4, 0.5) is 0 Å². The van der Waals surface area contributed by atoms with E-state index >= 15 is 0 Å². The molecule has 43 heavy (non-hydrogen) atoms. The van der Waals surface area contributed by atoms with E-state index in [2.05, 4.69) is 0 Å². The van der Waals surface area contributed by atoms with E-state index in [0.717, 1.165) is 11.1 Å². The Morgan fingerprint density at radius 2 is 1.77 bits per heavy atom. The first-order valence-electron chi connectivity index (χ1n) is 15.3. The molecule has 1 rings (SSSR count). The fourth-order valence-corrected chi connectivity index (χ4v) is 5.43. The molecule has 1 aliphatic rings. The highest BCUT2D eigenvalue weighted by Gasteiger charge is 2.38. The largest absolute Gasteiger partial charge is 0.490 e. The summed E-state index contributed by atoms with van der Waals surface area (Å²) in [6.07, 6.45) is 7.35. The van der Waals surface area contributed by atoms with Crippen LogP contribution in [-0.2, 0) is 23.8 Å². The minimum atomic E-state index is -1.15. The Morgan fingerprint density at radius 1 is 1.14 bits per heavy atom. The maximum atomic E-state index is 13.4. The number of hydrogen-bond donors (Lipinski definition) is 3. The van der Waals surface area contributed by atoms with E-state index in [9.17, 15) is 24.9 Å². The van der Waals surface area contributed by atoms with Crippen molar-refractivity contribution in [1.82, 2.24) is 0 Å². The average molecular weight is 605 g/mol. The molecule has 0 aliphatic carbocycles. The number of carbonyl (C=O) groups is 2. The molecular formula is C35H56O8. The highest BCUT2D eigenvalue weighted by atomic mass is 16.6. The van der Waals surface area contributed by atoms with Gasteiger partial charge in [-0.15, -0.1) is 0 Å². The summed E-state index contributed by atoms with van der Waals surface area (Å²) >= 11 is 0. The van der Waals surface area contributed by atoms with Crippen LogP contribution in [0.25, 0.3) is 0 Å². The molecule has 0 spiro atoms. The van der Waals surface area contributed by atoms with Crippen molar-refractivity contribution in [2.24, 2.45) is 29.6 Å². The second-order valence-electron chi connectivity index (χ2n) is 12.6. The molecular weight excluding hydrogens is 548 g/mol. The molecule has 244 valence electrons. The van der Waals surface area contributed by atoms with Crippen LogP contribution < -0.4 is 0 Å². The first kappa shape index (κ1) is 38.5. The van der Waals surface area contributed by atoms with Gasteiger partial charge in [0.15, 0.2) is 0 Å². The van der Waals surface area contributed by atoms with Gasteiger partial charge in [-0.1, -0.05) is 83.1 Å². The quantitative estimate of drug-likeness (QED) is 0.221. The van der Waals surface area contributed by atoms with Crippen molar-refractivity contribution in [2.75, 3.05) is 14.2 Å². The number of esters is 1. The lowest BCUT2D eigenvalue weighted by molar-refractivity contribution is -0.162. The Morgan fingerprint density at radius 3 is 2.33 bits per heavy atom. The average Bonchev–Trinajstić information content (AvgIpc) is 2.96. The monoisotopic (exact) mass is 604 g/mol. The molecule has 0 unspecified atom stereocenters. The molecule has 0 saturated carbocycles. The maximum Gasteiger partial charge on any atom is 0.373 e. The van der Waals surface area contributed by atoms with Crippen molar-refractivity contribution in [1.29, 1.82) is 0 Å². The molecule has 0 aromatic rings. The van der Waals surface area contributed by atoms with E-state index in [1.165, 1.54) is 14.2 Å². The van der Waals surface area contributed by atoms with Gasteiger partial charge in [0, 0.05) is 31.3 Å². The Balaban J connectivity index is 3.45. The van der Waals surface area contributed by atoms with Crippen molar-refractivity contribution in [3.8, 4) is 0 Å². The van der Waals surface area contributed by atoms with Gasteiger partial charge in [0.2, 0.25) is 5.76 Å². The van der Waals surface area contributed by atoms with E-state index in [0.29, 0.717) is 12.0 Å². The lowest BCUT2D eigenvalue weighted by atomic mass is 9.83. The molecule has 1 heterocycles. The summed E-state index contributed by atoms with van der Waals surface area (Å²) in [7, 11) is 2.87. The third-order valence-corrected chi connectivity index (χ3v) is 8.39. The van der Waals surface area contributed by atoms with Gasteiger partial charge in [0.05, 0.1) is 25.4 Å². The fraction of sp³-hybridized carbons (Fsp3) is 0.657. The predicted octanol–water partition coefficient (Wildman–Crippen LogP) is 5.48. The van der Waals surface area contributed by atoms with Gasteiger partial charge >= 0.3 is 5.97 Å². The van der Waals surface area contributed by atoms with Crippen LogP contribution in [0.2, 0.25) is 0 Å². The highest BCUT2D eigenvalue weighted by Crippen LogP contribution is 2.27. The van der Waals surface area contributed by atoms with Crippen LogP contribution in [0.5, 0.6) is 0 Å². The lowest BCUT2D eigenvalue weighted by Gasteiger charge is -2.34. The zero-order valence-electron chi connectivity index (χ0n) is 28.0. The number of aliphatic hydroxyl groups is 3. The van der Waals surface area contributed by atoms with Gasteiger partial charge in [-0.2, -0.15) is 0 Å². The maximum absolute atomic E-state index is 13.4. The minimum absolute atomic E-state index is 0.000111. The van der Waals surface area contributed by atoms with E-state index in [1.807, 2.05) is 59.8 Å². The third kappa shape index (κ3) is 11.8. The second kappa shape index (κ2) is 18.3. The third-order valence-electron chi connectivity index (χ3n) is 8.39. The Labute approximate surface area is 259 Å². The summed E-state index contributed by atoms with van der Waals surface area (Å²) in [5.41, 5.74) is 2.50. The number of Topliss-reactive ketones (excluding diaryl/α,β-unsaturated/α-hetero) is 1. The van der Waals surface area contributed by atoms with E-state index < -0.39 is 48.3 Å². The first-order valence-corrected chi connectivity index (χ1v) is 15.3. The van der Waals surface area contributed by atoms with Crippen molar-refractivity contribution in [2.45, 2.75) is 106 Å². The molecule has 0 fully saturated rings. The number of ether oxygens (including phenoxy) is 3. The highest BCUT2D eigenvalue weighted by molar-refractivity contribution is 5.87. The summed E-state index contributed by atoms with van der Waals surface area (Å²) < 4.78 is 17.1. The minimum Gasteiger partial charge on any atom is -0.490 e. The topological polar surface area (TPSA) is 123 Å². The molecule has 1 aliphatic heterocycles. The Kier molecular flexibility index (Phi) is 16.4. The van der Waals surface area contributed by atoms with Crippen LogP contribution in [0.1, 0.15) is 75.2 Å². The number of methoxy groups -OCH3 is 2. The van der Waals surface area contributed by atoms with E-state index in [1.54, 1.807) is 39.0 Å². The number of ketones is 1. The number of carbonyl (C=O) groups excluding carboxylic acids is 2. The van der Waals surface area contributed by atoms with Crippen molar-refractivity contribution < 1.29 is 39.1 Å². The van der Waals surface area contributed by atoms with Crippen LogP contribution in [0.15, 0.2) is 58.9 Å². The summed E-state index contributed by atoms with van der Waals surface area (Å²) in [4.78, 5) is 26.4. The van der Waals surface area contributed by atoms with Gasteiger partial charge < -0.3 is 29.5 Å². The van der Waals surface area contributed by atoms with Gasteiger partial charge in [0.25, 0.3) is 0 Å².